The summed E-state index contributed by atoms with van der Waals surface area (Å²) in [5, 5.41) is 0. The van der Waals surface area contributed by atoms with Crippen molar-refractivity contribution >= 4 is 11.7 Å². The number of carbonyl (C=O) groups excluding carboxylic acids is 2. The van der Waals surface area contributed by atoms with Crippen molar-refractivity contribution in [2.24, 2.45) is 5.41 Å². The first-order valence-corrected chi connectivity index (χ1v) is 6.14. The second-order valence-electron chi connectivity index (χ2n) is 5.67. The van der Waals surface area contributed by atoms with Gasteiger partial charge in [0.15, 0.2) is 5.78 Å². The van der Waals surface area contributed by atoms with Gasteiger partial charge < -0.3 is 4.90 Å². The highest BCUT2D eigenvalue weighted by molar-refractivity contribution is 5.86. The first-order chi connectivity index (χ1) is 7.68. The van der Waals surface area contributed by atoms with E-state index in [1.807, 2.05) is 25.7 Å². The Hall–Kier alpha value is -0.900. The van der Waals surface area contributed by atoms with Gasteiger partial charge >= 0.3 is 0 Å². The Labute approximate surface area is 105 Å². The molecule has 0 aromatic heterocycles. The number of hydrogen-bond donors (Lipinski definition) is 0. The van der Waals surface area contributed by atoms with Gasteiger partial charge in [0.1, 0.15) is 0 Å². The average molecular weight is 242 g/mol. The lowest BCUT2D eigenvalue weighted by atomic mass is 9.90. The maximum Gasteiger partial charge on any atom is 0.236 e. The molecule has 4 nitrogen and oxygen atoms in total. The van der Waals surface area contributed by atoms with E-state index < -0.39 is 0 Å². The topological polar surface area (TPSA) is 40.6 Å². The number of ketones is 1. The standard InChI is InChI=1S/C13H26N2O2/c1-7-8-15(10-12(17)14(5)6)9-11(16)13(2,3)4/h7-10H2,1-6H3. The van der Waals surface area contributed by atoms with Gasteiger partial charge in [-0.05, 0) is 13.0 Å². The lowest BCUT2D eigenvalue weighted by molar-refractivity contribution is -0.132. The fraction of sp³-hybridized carbons (Fsp3) is 0.846. The monoisotopic (exact) mass is 242 g/mol. The molecule has 17 heavy (non-hydrogen) atoms. The second kappa shape index (κ2) is 6.74. The van der Waals surface area contributed by atoms with E-state index in [1.54, 1.807) is 19.0 Å². The molecule has 100 valence electrons. The van der Waals surface area contributed by atoms with Crippen LogP contribution in [0.1, 0.15) is 34.1 Å². The molecular weight excluding hydrogens is 216 g/mol. The van der Waals surface area contributed by atoms with Crippen LogP contribution in [-0.2, 0) is 9.59 Å². The van der Waals surface area contributed by atoms with Crippen LogP contribution in [0.3, 0.4) is 0 Å². The molecule has 0 fully saturated rings. The number of likely N-dealkylation sites (N-methyl/N-ethyl adjacent to an activating group) is 1. The molecule has 1 amide bonds. The van der Waals surface area contributed by atoms with Crippen molar-refractivity contribution in [1.29, 1.82) is 0 Å². The molecule has 0 rings (SSSR count). The summed E-state index contributed by atoms with van der Waals surface area (Å²) in [4.78, 5) is 27.1. The summed E-state index contributed by atoms with van der Waals surface area (Å²) in [5.41, 5.74) is -0.340. The van der Waals surface area contributed by atoms with Gasteiger partial charge in [-0.1, -0.05) is 27.7 Å². The van der Waals surface area contributed by atoms with Crippen molar-refractivity contribution in [1.82, 2.24) is 9.80 Å². The molecule has 0 N–H and O–H groups in total. The largest absolute Gasteiger partial charge is 0.348 e. The summed E-state index contributed by atoms with van der Waals surface area (Å²) in [6, 6.07) is 0. The summed E-state index contributed by atoms with van der Waals surface area (Å²) in [7, 11) is 3.47. The Kier molecular flexibility index (Phi) is 6.39. The summed E-state index contributed by atoms with van der Waals surface area (Å²) in [6.45, 7) is 9.24. The molecular formula is C13H26N2O2. The van der Waals surface area contributed by atoms with Crippen LogP contribution >= 0.6 is 0 Å². The molecule has 0 radical (unpaired) electrons. The lowest BCUT2D eigenvalue weighted by Gasteiger charge is -2.26. The predicted molar refractivity (Wildman–Crippen MR) is 69.9 cm³/mol. The van der Waals surface area contributed by atoms with Crippen LogP contribution in [0.25, 0.3) is 0 Å². The van der Waals surface area contributed by atoms with Gasteiger partial charge in [0.2, 0.25) is 5.91 Å². The van der Waals surface area contributed by atoms with E-state index in [4.69, 9.17) is 0 Å². The fourth-order valence-corrected chi connectivity index (χ4v) is 1.30. The lowest BCUT2D eigenvalue weighted by Crippen LogP contribution is -2.42. The highest BCUT2D eigenvalue weighted by Crippen LogP contribution is 2.15. The highest BCUT2D eigenvalue weighted by atomic mass is 16.2. The Balaban J connectivity index is 4.44. The van der Waals surface area contributed by atoms with Crippen LogP contribution in [0.2, 0.25) is 0 Å². The molecule has 0 aliphatic carbocycles. The Morgan fingerprint density at radius 2 is 1.59 bits per heavy atom. The number of Topliss-reactive ketones (excluding diaryl/α,β-unsaturated/α-hetero) is 1. The molecule has 0 saturated heterocycles. The number of hydrogen-bond acceptors (Lipinski definition) is 3. The first kappa shape index (κ1) is 16.1. The SMILES string of the molecule is CCCN(CC(=O)N(C)C)CC(=O)C(C)(C)C. The normalized spacial score (nSPS) is 11.7. The molecule has 0 aliphatic heterocycles. The molecule has 0 unspecified atom stereocenters. The van der Waals surface area contributed by atoms with Gasteiger partial charge in [-0.25, -0.2) is 0 Å². The van der Waals surface area contributed by atoms with E-state index in [9.17, 15) is 9.59 Å². The van der Waals surface area contributed by atoms with Crippen LogP contribution in [0.5, 0.6) is 0 Å². The minimum Gasteiger partial charge on any atom is -0.348 e. The molecule has 0 aliphatic rings. The zero-order valence-corrected chi connectivity index (χ0v) is 12.0. The highest BCUT2D eigenvalue weighted by Gasteiger charge is 2.24. The van der Waals surface area contributed by atoms with E-state index in [1.165, 1.54) is 0 Å². The van der Waals surface area contributed by atoms with Crippen LogP contribution in [0.4, 0.5) is 0 Å². The van der Waals surface area contributed by atoms with Crippen LogP contribution in [0.15, 0.2) is 0 Å². The van der Waals surface area contributed by atoms with Crippen LogP contribution in [0, 0.1) is 5.41 Å². The van der Waals surface area contributed by atoms with Crippen molar-refractivity contribution < 1.29 is 9.59 Å². The average Bonchev–Trinajstić information content (AvgIpc) is 2.16. The minimum absolute atomic E-state index is 0.0418. The van der Waals surface area contributed by atoms with Gasteiger partial charge in [0.05, 0.1) is 13.1 Å². The van der Waals surface area contributed by atoms with Gasteiger partial charge in [0.25, 0.3) is 0 Å². The summed E-state index contributed by atoms with van der Waals surface area (Å²) >= 11 is 0. The molecule has 0 saturated carbocycles. The van der Waals surface area contributed by atoms with Gasteiger partial charge in [-0.3, -0.25) is 14.5 Å². The van der Waals surface area contributed by atoms with E-state index in [-0.39, 0.29) is 17.1 Å². The summed E-state index contributed by atoms with van der Waals surface area (Å²) in [5.74, 6) is 0.220. The minimum atomic E-state index is -0.340. The van der Waals surface area contributed by atoms with Crippen LogP contribution < -0.4 is 0 Å². The summed E-state index contributed by atoms with van der Waals surface area (Å²) in [6.07, 6.45) is 0.943. The molecule has 0 atom stereocenters. The Bertz CT molecular complexity index is 267. The quantitative estimate of drug-likeness (QED) is 0.707. The number of nitrogens with zero attached hydrogens (tertiary/aromatic N) is 2. The smallest absolute Gasteiger partial charge is 0.236 e. The molecule has 0 aromatic rings. The van der Waals surface area contributed by atoms with Crippen molar-refractivity contribution in [3.05, 3.63) is 0 Å². The van der Waals surface area contributed by atoms with Crippen molar-refractivity contribution in [2.75, 3.05) is 33.7 Å². The van der Waals surface area contributed by atoms with E-state index in [2.05, 4.69) is 6.92 Å². The molecule has 4 heteroatoms. The number of carbonyl (C=O) groups is 2. The third-order valence-electron chi connectivity index (χ3n) is 2.60. The van der Waals surface area contributed by atoms with Crippen molar-refractivity contribution in [3.63, 3.8) is 0 Å². The van der Waals surface area contributed by atoms with Gasteiger partial charge in [-0.15, -0.1) is 0 Å². The number of rotatable bonds is 6. The third kappa shape index (κ3) is 6.41. The summed E-state index contributed by atoms with van der Waals surface area (Å²) < 4.78 is 0. The van der Waals surface area contributed by atoms with E-state index in [0.29, 0.717) is 13.1 Å². The first-order valence-electron chi connectivity index (χ1n) is 6.14. The van der Waals surface area contributed by atoms with E-state index >= 15 is 0 Å². The maximum absolute atomic E-state index is 11.9. The molecule has 0 aromatic carbocycles. The van der Waals surface area contributed by atoms with Gasteiger partial charge in [-0.2, -0.15) is 0 Å². The molecule has 0 heterocycles. The van der Waals surface area contributed by atoms with Crippen molar-refractivity contribution in [2.45, 2.75) is 34.1 Å². The van der Waals surface area contributed by atoms with Gasteiger partial charge in [0, 0.05) is 19.5 Å². The molecule has 0 bridgehead atoms. The third-order valence-corrected chi connectivity index (χ3v) is 2.60. The fourth-order valence-electron chi connectivity index (χ4n) is 1.30. The molecule has 0 spiro atoms. The van der Waals surface area contributed by atoms with Crippen molar-refractivity contribution in [3.8, 4) is 0 Å². The second-order valence-corrected chi connectivity index (χ2v) is 5.67. The zero-order chi connectivity index (χ0) is 13.6. The van der Waals surface area contributed by atoms with Crippen LogP contribution in [-0.4, -0.2) is 55.2 Å². The zero-order valence-electron chi connectivity index (χ0n) is 12.0. The predicted octanol–water partition coefficient (Wildman–Crippen LogP) is 1.40. The number of amides is 1. The maximum atomic E-state index is 11.9. The Morgan fingerprint density at radius 1 is 1.06 bits per heavy atom. The Morgan fingerprint density at radius 3 is 1.94 bits per heavy atom. The van der Waals surface area contributed by atoms with E-state index in [0.717, 1.165) is 13.0 Å².